The number of hydrogen-bond donors (Lipinski definition) is 3. The molecule has 3 atom stereocenters. The van der Waals surface area contributed by atoms with Crippen molar-refractivity contribution in [1.29, 1.82) is 0 Å². The van der Waals surface area contributed by atoms with Crippen LogP contribution in [0.4, 0.5) is 0 Å². The summed E-state index contributed by atoms with van der Waals surface area (Å²) in [5.41, 5.74) is 1.25. The predicted molar refractivity (Wildman–Crippen MR) is 62.9 cm³/mol. The Morgan fingerprint density at radius 3 is 2.56 bits per heavy atom. The van der Waals surface area contributed by atoms with E-state index in [4.69, 9.17) is 5.11 Å². The Balaban J connectivity index is 1.80. The highest BCUT2D eigenvalue weighted by molar-refractivity contribution is 5.14. The third-order valence-electron chi connectivity index (χ3n) is 3.33. The molecule has 0 amide bonds. The maximum atomic E-state index is 9.66. The molecular formula is C13H19NO2. The Labute approximate surface area is 96.1 Å². The molecule has 0 aliphatic heterocycles. The molecule has 1 saturated carbocycles. The predicted octanol–water partition coefficient (Wildman–Crippen LogP) is 0.908. The molecule has 1 fully saturated rings. The molecule has 0 unspecified atom stereocenters. The van der Waals surface area contributed by atoms with Crippen LogP contribution in [-0.2, 0) is 6.54 Å². The normalized spacial score (nSPS) is 29.5. The summed E-state index contributed by atoms with van der Waals surface area (Å²) in [6.07, 6.45) is 1.26. The Morgan fingerprint density at radius 2 is 1.94 bits per heavy atom. The topological polar surface area (TPSA) is 52.5 Å². The van der Waals surface area contributed by atoms with E-state index in [1.165, 1.54) is 5.56 Å². The molecule has 3 heteroatoms. The van der Waals surface area contributed by atoms with Crippen LogP contribution in [0.5, 0.6) is 0 Å². The Hall–Kier alpha value is -0.900. The van der Waals surface area contributed by atoms with Gasteiger partial charge in [0.05, 0.1) is 6.10 Å². The van der Waals surface area contributed by atoms with E-state index in [0.29, 0.717) is 6.04 Å². The van der Waals surface area contributed by atoms with E-state index >= 15 is 0 Å². The third-order valence-corrected chi connectivity index (χ3v) is 3.33. The molecule has 3 N–H and O–H groups in total. The molecule has 1 aromatic rings. The van der Waals surface area contributed by atoms with Gasteiger partial charge in [0.25, 0.3) is 0 Å². The zero-order valence-corrected chi connectivity index (χ0v) is 9.34. The Morgan fingerprint density at radius 1 is 1.19 bits per heavy atom. The molecule has 1 aliphatic carbocycles. The zero-order chi connectivity index (χ0) is 11.4. The van der Waals surface area contributed by atoms with Crippen molar-refractivity contribution in [1.82, 2.24) is 5.32 Å². The quantitative estimate of drug-likeness (QED) is 0.708. The van der Waals surface area contributed by atoms with Gasteiger partial charge < -0.3 is 15.5 Å². The van der Waals surface area contributed by atoms with Crippen LogP contribution < -0.4 is 5.32 Å². The van der Waals surface area contributed by atoms with Crippen LogP contribution in [0.1, 0.15) is 18.4 Å². The minimum Gasteiger partial charge on any atom is -0.396 e. The van der Waals surface area contributed by atoms with Gasteiger partial charge in [-0.25, -0.2) is 0 Å². The molecule has 0 aromatic heterocycles. The van der Waals surface area contributed by atoms with Gasteiger partial charge in [-0.1, -0.05) is 30.3 Å². The molecule has 88 valence electrons. The zero-order valence-electron chi connectivity index (χ0n) is 9.34. The molecule has 16 heavy (non-hydrogen) atoms. The molecule has 0 bridgehead atoms. The van der Waals surface area contributed by atoms with Crippen LogP contribution in [0.15, 0.2) is 30.3 Å². The number of hydrogen-bond acceptors (Lipinski definition) is 3. The maximum Gasteiger partial charge on any atom is 0.0605 e. The van der Waals surface area contributed by atoms with Gasteiger partial charge in [-0.3, -0.25) is 0 Å². The van der Waals surface area contributed by atoms with Gasteiger partial charge in [-0.05, 0) is 18.4 Å². The standard InChI is InChI=1S/C13H19NO2/c15-9-11-6-12(7-13(11)16)14-8-10-4-2-1-3-5-10/h1-5,11-16H,6-9H2/t11-,12-,13+/m1/s1. The van der Waals surface area contributed by atoms with Crippen molar-refractivity contribution in [3.63, 3.8) is 0 Å². The average Bonchev–Trinajstić information content (AvgIpc) is 2.69. The monoisotopic (exact) mass is 221 g/mol. The highest BCUT2D eigenvalue weighted by atomic mass is 16.3. The summed E-state index contributed by atoms with van der Waals surface area (Å²) in [5.74, 6) is 0.0493. The van der Waals surface area contributed by atoms with Crippen molar-refractivity contribution in [3.8, 4) is 0 Å². The lowest BCUT2D eigenvalue weighted by atomic mass is 10.1. The molecule has 1 aliphatic rings. The first-order chi connectivity index (χ1) is 7.79. The van der Waals surface area contributed by atoms with E-state index in [9.17, 15) is 5.11 Å². The first-order valence-electron chi connectivity index (χ1n) is 5.86. The summed E-state index contributed by atoms with van der Waals surface area (Å²) >= 11 is 0. The third kappa shape index (κ3) is 2.82. The smallest absolute Gasteiger partial charge is 0.0605 e. The summed E-state index contributed by atoms with van der Waals surface area (Å²) in [7, 11) is 0. The molecule has 0 saturated heterocycles. The largest absolute Gasteiger partial charge is 0.396 e. The lowest BCUT2D eigenvalue weighted by Crippen LogP contribution is -2.26. The lowest BCUT2D eigenvalue weighted by Gasteiger charge is -2.12. The summed E-state index contributed by atoms with van der Waals surface area (Å²) in [4.78, 5) is 0. The van der Waals surface area contributed by atoms with Gasteiger partial charge in [-0.2, -0.15) is 0 Å². The summed E-state index contributed by atoms with van der Waals surface area (Å²) in [6.45, 7) is 0.918. The van der Waals surface area contributed by atoms with Crippen LogP contribution in [0.25, 0.3) is 0 Å². The fraction of sp³-hybridized carbons (Fsp3) is 0.538. The summed E-state index contributed by atoms with van der Waals surface area (Å²) in [6, 6.07) is 10.6. The van der Waals surface area contributed by atoms with Crippen LogP contribution in [0.2, 0.25) is 0 Å². The van der Waals surface area contributed by atoms with Crippen molar-refractivity contribution >= 4 is 0 Å². The fourth-order valence-corrected chi connectivity index (χ4v) is 2.32. The van der Waals surface area contributed by atoms with Gasteiger partial charge in [-0.15, -0.1) is 0 Å². The molecule has 3 nitrogen and oxygen atoms in total. The van der Waals surface area contributed by atoms with E-state index in [1.807, 2.05) is 18.2 Å². The van der Waals surface area contributed by atoms with Crippen LogP contribution in [0.3, 0.4) is 0 Å². The van der Waals surface area contributed by atoms with Crippen molar-refractivity contribution in [2.45, 2.75) is 31.5 Å². The van der Waals surface area contributed by atoms with E-state index in [-0.39, 0.29) is 18.6 Å². The SMILES string of the molecule is OC[C@H]1C[C@@H](NCc2ccccc2)C[C@@H]1O. The first kappa shape index (κ1) is 11.6. The molecule has 2 rings (SSSR count). The number of rotatable bonds is 4. The minimum absolute atomic E-state index is 0.0493. The number of aliphatic hydroxyl groups is 2. The summed E-state index contributed by atoms with van der Waals surface area (Å²) < 4.78 is 0. The van der Waals surface area contributed by atoms with Crippen molar-refractivity contribution < 1.29 is 10.2 Å². The van der Waals surface area contributed by atoms with E-state index < -0.39 is 0 Å². The van der Waals surface area contributed by atoms with Crippen LogP contribution in [-0.4, -0.2) is 29.0 Å². The van der Waals surface area contributed by atoms with Gasteiger partial charge >= 0.3 is 0 Å². The van der Waals surface area contributed by atoms with Crippen molar-refractivity contribution in [2.24, 2.45) is 5.92 Å². The highest BCUT2D eigenvalue weighted by Crippen LogP contribution is 2.25. The van der Waals surface area contributed by atoms with E-state index in [0.717, 1.165) is 19.4 Å². The van der Waals surface area contributed by atoms with Gasteiger partial charge in [0.2, 0.25) is 0 Å². The Bertz CT molecular complexity index is 315. The number of benzene rings is 1. The minimum atomic E-state index is -0.349. The second kappa shape index (κ2) is 5.43. The number of aliphatic hydroxyl groups excluding tert-OH is 2. The first-order valence-corrected chi connectivity index (χ1v) is 5.86. The van der Waals surface area contributed by atoms with E-state index in [1.54, 1.807) is 0 Å². The molecule has 1 aromatic carbocycles. The number of nitrogens with one attached hydrogen (secondary N) is 1. The molecule has 0 spiro atoms. The van der Waals surface area contributed by atoms with Gasteiger partial charge in [0.15, 0.2) is 0 Å². The summed E-state index contributed by atoms with van der Waals surface area (Å²) in [5, 5.41) is 22.1. The van der Waals surface area contributed by atoms with Crippen LogP contribution >= 0.6 is 0 Å². The average molecular weight is 221 g/mol. The Kier molecular flexibility index (Phi) is 3.93. The lowest BCUT2D eigenvalue weighted by molar-refractivity contribution is 0.0907. The molecule has 0 heterocycles. The highest BCUT2D eigenvalue weighted by Gasteiger charge is 2.31. The van der Waals surface area contributed by atoms with Gasteiger partial charge in [0, 0.05) is 25.1 Å². The van der Waals surface area contributed by atoms with Crippen molar-refractivity contribution in [3.05, 3.63) is 35.9 Å². The second-order valence-electron chi connectivity index (χ2n) is 4.54. The second-order valence-corrected chi connectivity index (χ2v) is 4.54. The van der Waals surface area contributed by atoms with Crippen LogP contribution in [0, 0.1) is 5.92 Å². The molecule has 0 radical (unpaired) electrons. The van der Waals surface area contributed by atoms with E-state index in [2.05, 4.69) is 17.4 Å². The van der Waals surface area contributed by atoms with Gasteiger partial charge in [0.1, 0.15) is 0 Å². The molecular weight excluding hydrogens is 202 g/mol. The fourth-order valence-electron chi connectivity index (χ4n) is 2.32. The maximum absolute atomic E-state index is 9.66. The van der Waals surface area contributed by atoms with Crippen molar-refractivity contribution in [2.75, 3.05) is 6.61 Å².